The SMILES string of the molecule is CC(C)COc1cccc(-c2ccc(C(=O)NS(=O)(=O)C3=CC=NC3)c(N3[C@H](C)CC[C@@H]3C)n2)c1. The molecule has 1 amide bonds. The molecule has 0 unspecified atom stereocenters. The third-order valence-electron chi connectivity index (χ3n) is 6.21. The number of carbonyl (C=O) groups excluding carboxylic acids is 1. The van der Waals surface area contributed by atoms with Crippen molar-refractivity contribution in [2.75, 3.05) is 18.1 Å². The van der Waals surface area contributed by atoms with E-state index in [0.29, 0.717) is 24.0 Å². The predicted molar refractivity (Wildman–Crippen MR) is 138 cm³/mol. The molecule has 0 bridgehead atoms. The Morgan fingerprint density at radius 2 is 1.91 bits per heavy atom. The summed E-state index contributed by atoms with van der Waals surface area (Å²) in [6.07, 6.45) is 4.76. The monoisotopic (exact) mass is 496 g/mol. The molecule has 2 atom stereocenters. The molecule has 0 spiro atoms. The summed E-state index contributed by atoms with van der Waals surface area (Å²) in [4.78, 5) is 24.2. The predicted octanol–water partition coefficient (Wildman–Crippen LogP) is 4.19. The number of sulfonamides is 1. The van der Waals surface area contributed by atoms with Gasteiger partial charge in [-0.05, 0) is 62.9 Å². The molecule has 2 aliphatic heterocycles. The van der Waals surface area contributed by atoms with Crippen LogP contribution in [0.2, 0.25) is 0 Å². The van der Waals surface area contributed by atoms with Crippen molar-refractivity contribution in [2.24, 2.45) is 10.9 Å². The molecule has 0 aliphatic carbocycles. The van der Waals surface area contributed by atoms with E-state index in [1.807, 2.05) is 24.3 Å². The highest BCUT2D eigenvalue weighted by molar-refractivity contribution is 7.94. The Morgan fingerprint density at radius 3 is 2.57 bits per heavy atom. The van der Waals surface area contributed by atoms with Crippen LogP contribution < -0.4 is 14.4 Å². The van der Waals surface area contributed by atoms with E-state index in [1.54, 1.807) is 12.1 Å². The smallest absolute Gasteiger partial charge is 0.268 e. The van der Waals surface area contributed by atoms with Gasteiger partial charge < -0.3 is 9.64 Å². The summed E-state index contributed by atoms with van der Waals surface area (Å²) >= 11 is 0. The molecule has 0 radical (unpaired) electrons. The molecule has 1 aromatic carbocycles. The molecule has 0 saturated carbocycles. The van der Waals surface area contributed by atoms with Crippen LogP contribution in [0.4, 0.5) is 5.82 Å². The summed E-state index contributed by atoms with van der Waals surface area (Å²) in [6, 6.07) is 11.4. The molecule has 9 heteroatoms. The van der Waals surface area contributed by atoms with E-state index in [1.165, 1.54) is 12.3 Å². The van der Waals surface area contributed by atoms with Gasteiger partial charge in [0.25, 0.3) is 15.9 Å². The van der Waals surface area contributed by atoms with Crippen LogP contribution in [-0.4, -0.2) is 50.8 Å². The van der Waals surface area contributed by atoms with Gasteiger partial charge in [0.1, 0.15) is 11.6 Å². The standard InChI is InChI=1S/C26H32N4O4S/c1-17(2)16-34-21-7-5-6-20(14-21)24-11-10-23(25(28-24)30-18(3)8-9-19(30)4)26(31)29-35(32,33)22-12-13-27-15-22/h5-7,10-14,17-19H,8-9,15-16H2,1-4H3,(H,29,31)/t18-,19+. The van der Waals surface area contributed by atoms with Crippen LogP contribution in [0, 0.1) is 5.92 Å². The molecule has 1 N–H and O–H groups in total. The first-order valence-corrected chi connectivity index (χ1v) is 13.4. The molecule has 8 nitrogen and oxygen atoms in total. The summed E-state index contributed by atoms with van der Waals surface area (Å²) in [5.74, 6) is 0.939. The van der Waals surface area contributed by atoms with Crippen LogP contribution in [0.3, 0.4) is 0 Å². The average molecular weight is 497 g/mol. The lowest BCUT2D eigenvalue weighted by Crippen LogP contribution is -2.37. The second kappa shape index (κ2) is 10.2. The normalized spacial score (nSPS) is 19.8. The van der Waals surface area contributed by atoms with Crippen molar-refractivity contribution in [3.05, 3.63) is 52.9 Å². The number of hydrogen-bond acceptors (Lipinski definition) is 7. The maximum Gasteiger partial charge on any atom is 0.268 e. The van der Waals surface area contributed by atoms with Crippen LogP contribution in [-0.2, 0) is 10.0 Å². The number of pyridine rings is 1. The number of amides is 1. The van der Waals surface area contributed by atoms with Crippen LogP contribution in [0.5, 0.6) is 5.75 Å². The molecular weight excluding hydrogens is 464 g/mol. The van der Waals surface area contributed by atoms with Crippen molar-refractivity contribution in [3.63, 3.8) is 0 Å². The first-order valence-electron chi connectivity index (χ1n) is 11.9. The maximum absolute atomic E-state index is 13.2. The molecule has 2 aliphatic rings. The van der Waals surface area contributed by atoms with Crippen molar-refractivity contribution in [1.82, 2.24) is 9.71 Å². The first kappa shape index (κ1) is 24.9. The number of nitrogens with zero attached hydrogens (tertiary/aromatic N) is 3. The Labute approximate surface area is 207 Å². The van der Waals surface area contributed by atoms with Gasteiger partial charge in [-0.3, -0.25) is 9.79 Å². The number of aliphatic imine (C=N–C) groups is 1. The maximum atomic E-state index is 13.2. The van der Waals surface area contributed by atoms with Crippen molar-refractivity contribution < 1.29 is 17.9 Å². The number of anilines is 1. The Hall–Kier alpha value is -3.20. The highest BCUT2D eigenvalue weighted by Gasteiger charge is 2.33. The highest BCUT2D eigenvalue weighted by Crippen LogP contribution is 2.34. The Kier molecular flexibility index (Phi) is 7.25. The molecule has 3 heterocycles. The van der Waals surface area contributed by atoms with Gasteiger partial charge in [-0.25, -0.2) is 18.1 Å². The minimum Gasteiger partial charge on any atom is -0.493 e. The van der Waals surface area contributed by atoms with Crippen molar-refractivity contribution in [2.45, 2.75) is 52.6 Å². The zero-order valence-corrected chi connectivity index (χ0v) is 21.4. The van der Waals surface area contributed by atoms with E-state index in [2.05, 4.69) is 42.3 Å². The van der Waals surface area contributed by atoms with Gasteiger partial charge in [-0.1, -0.05) is 26.0 Å². The van der Waals surface area contributed by atoms with E-state index in [0.717, 1.165) is 24.2 Å². The Bertz CT molecular complexity index is 1260. The number of ether oxygens (including phenoxy) is 1. The minimum absolute atomic E-state index is 0.0298. The van der Waals surface area contributed by atoms with Crippen LogP contribution >= 0.6 is 0 Å². The average Bonchev–Trinajstić information content (AvgIpc) is 3.48. The highest BCUT2D eigenvalue weighted by atomic mass is 32.2. The number of aromatic nitrogens is 1. The summed E-state index contributed by atoms with van der Waals surface area (Å²) in [5.41, 5.74) is 1.78. The zero-order chi connectivity index (χ0) is 25.2. The summed E-state index contributed by atoms with van der Waals surface area (Å²) in [6.45, 7) is 9.02. The van der Waals surface area contributed by atoms with Gasteiger partial charge in [0.15, 0.2) is 0 Å². The lowest BCUT2D eigenvalue weighted by atomic mass is 10.1. The van der Waals surface area contributed by atoms with E-state index in [9.17, 15) is 13.2 Å². The van der Waals surface area contributed by atoms with E-state index in [-0.39, 0.29) is 29.1 Å². The second-order valence-electron chi connectivity index (χ2n) is 9.54. The number of benzene rings is 1. The van der Waals surface area contributed by atoms with E-state index >= 15 is 0 Å². The Morgan fingerprint density at radius 1 is 1.17 bits per heavy atom. The molecule has 2 aromatic rings. The molecule has 1 fully saturated rings. The van der Waals surface area contributed by atoms with Crippen LogP contribution in [0.1, 0.15) is 50.9 Å². The molecule has 4 rings (SSSR count). The van der Waals surface area contributed by atoms with Gasteiger partial charge in [-0.15, -0.1) is 0 Å². The largest absolute Gasteiger partial charge is 0.493 e. The second-order valence-corrected chi connectivity index (χ2v) is 11.3. The fourth-order valence-electron chi connectivity index (χ4n) is 4.35. The van der Waals surface area contributed by atoms with E-state index < -0.39 is 15.9 Å². The van der Waals surface area contributed by atoms with Gasteiger partial charge in [-0.2, -0.15) is 0 Å². The topological polar surface area (TPSA) is 101 Å². The van der Waals surface area contributed by atoms with Crippen molar-refractivity contribution in [3.8, 4) is 17.0 Å². The van der Waals surface area contributed by atoms with Gasteiger partial charge in [0.05, 0.1) is 29.3 Å². The summed E-state index contributed by atoms with van der Waals surface area (Å²) in [7, 11) is -3.98. The van der Waals surface area contributed by atoms with Crippen LogP contribution in [0.25, 0.3) is 11.3 Å². The van der Waals surface area contributed by atoms with Crippen molar-refractivity contribution >= 4 is 28.0 Å². The van der Waals surface area contributed by atoms with Crippen LogP contribution in [0.15, 0.2) is 52.4 Å². The quantitative estimate of drug-likeness (QED) is 0.588. The zero-order valence-electron chi connectivity index (χ0n) is 20.6. The number of hydrogen-bond donors (Lipinski definition) is 1. The number of nitrogens with one attached hydrogen (secondary N) is 1. The molecule has 35 heavy (non-hydrogen) atoms. The third-order valence-corrected chi connectivity index (χ3v) is 7.62. The van der Waals surface area contributed by atoms with Gasteiger partial charge in [0.2, 0.25) is 0 Å². The third kappa shape index (κ3) is 5.56. The molecule has 1 aromatic heterocycles. The fraction of sp³-hybridized carbons (Fsp3) is 0.423. The summed E-state index contributed by atoms with van der Waals surface area (Å²) in [5, 5.41) is 0. The number of allylic oxidation sites excluding steroid dienone is 1. The summed E-state index contributed by atoms with van der Waals surface area (Å²) < 4.78 is 33.4. The Balaban J connectivity index is 1.70. The number of carbonyl (C=O) groups is 1. The van der Waals surface area contributed by atoms with E-state index in [4.69, 9.17) is 9.72 Å². The molecular formula is C26H32N4O4S. The lowest BCUT2D eigenvalue weighted by Gasteiger charge is -2.29. The fourth-order valence-corrected chi connectivity index (χ4v) is 5.32. The van der Waals surface area contributed by atoms with Gasteiger partial charge >= 0.3 is 0 Å². The molecule has 186 valence electrons. The first-order chi connectivity index (χ1) is 16.7. The minimum atomic E-state index is -3.98. The molecule has 1 saturated heterocycles. The number of rotatable bonds is 8. The van der Waals surface area contributed by atoms with Gasteiger partial charge in [0, 0.05) is 23.9 Å². The van der Waals surface area contributed by atoms with Crippen molar-refractivity contribution in [1.29, 1.82) is 0 Å². The lowest BCUT2D eigenvalue weighted by molar-refractivity contribution is 0.0982.